The second-order valence-corrected chi connectivity index (χ2v) is 3.59. The van der Waals surface area contributed by atoms with Gasteiger partial charge >= 0.3 is 0 Å². The van der Waals surface area contributed by atoms with Gasteiger partial charge in [0.15, 0.2) is 0 Å². The Kier molecular flexibility index (Phi) is 6.35. The minimum Gasteiger partial charge on any atom is -0.101 e. The van der Waals surface area contributed by atoms with Crippen molar-refractivity contribution in [2.75, 3.05) is 0 Å². The van der Waals surface area contributed by atoms with Gasteiger partial charge in [-0.1, -0.05) is 50.6 Å². The summed E-state index contributed by atoms with van der Waals surface area (Å²) in [6, 6.07) is 0. The first kappa shape index (κ1) is 13.3. The highest BCUT2D eigenvalue weighted by molar-refractivity contribution is 6.23. The van der Waals surface area contributed by atoms with Gasteiger partial charge in [0.2, 0.25) is 0 Å². The van der Waals surface area contributed by atoms with Gasteiger partial charge in [-0.25, -0.2) is 0 Å². The largest absolute Gasteiger partial charge is 0.113 e. The van der Waals surface area contributed by atoms with Gasteiger partial charge in [-0.05, 0) is 25.7 Å². The van der Waals surface area contributed by atoms with Gasteiger partial charge < -0.3 is 0 Å². The van der Waals surface area contributed by atoms with Crippen molar-refractivity contribution in [2.45, 2.75) is 40.5 Å². The maximum atomic E-state index is 5.78. The summed E-state index contributed by atoms with van der Waals surface area (Å²) in [6.45, 7) is 12.5. The smallest absolute Gasteiger partial charge is 0.101 e. The van der Waals surface area contributed by atoms with E-state index in [1.54, 1.807) is 0 Å². The molecule has 0 spiro atoms. The van der Waals surface area contributed by atoms with E-state index >= 15 is 0 Å². The Labute approximate surface area is 90.2 Å². The van der Waals surface area contributed by atoms with E-state index in [0.29, 0.717) is 5.92 Å². The molecule has 0 N–H and O–H groups in total. The zero-order valence-electron chi connectivity index (χ0n) is 9.93. The summed E-state index contributed by atoms with van der Waals surface area (Å²) < 4.78 is 0. The molecule has 0 aliphatic carbocycles. The van der Waals surface area contributed by atoms with E-state index in [-0.39, 0.29) is 0 Å². The molecule has 0 aliphatic heterocycles. The molecule has 14 heavy (non-hydrogen) atoms. The summed E-state index contributed by atoms with van der Waals surface area (Å²) in [5, 5.41) is 0. The molecule has 0 bridgehead atoms. The lowest BCUT2D eigenvalue weighted by atomic mass is 9.85. The highest BCUT2D eigenvalue weighted by Gasteiger charge is 2.08. The van der Waals surface area contributed by atoms with Crippen LogP contribution in [0, 0.1) is 5.92 Å². The molecule has 0 saturated carbocycles. The average molecular weight is 188 g/mol. The summed E-state index contributed by atoms with van der Waals surface area (Å²) >= 11 is 0. The van der Waals surface area contributed by atoms with Crippen molar-refractivity contribution in [3.63, 3.8) is 0 Å². The minimum absolute atomic E-state index is 0.448. The lowest BCUT2D eigenvalue weighted by Gasteiger charge is -2.16. The van der Waals surface area contributed by atoms with Gasteiger partial charge in [-0.2, -0.15) is 0 Å². The van der Waals surface area contributed by atoms with E-state index in [2.05, 4.69) is 33.4 Å². The van der Waals surface area contributed by atoms with Crippen LogP contribution >= 0.6 is 0 Å². The van der Waals surface area contributed by atoms with Gasteiger partial charge in [0, 0.05) is 0 Å². The van der Waals surface area contributed by atoms with Crippen LogP contribution in [0.3, 0.4) is 0 Å². The Morgan fingerprint density at radius 1 is 1.36 bits per heavy atom. The van der Waals surface area contributed by atoms with Crippen LogP contribution < -0.4 is 0 Å². The predicted molar refractivity (Wildman–Crippen MR) is 66.5 cm³/mol. The first-order valence-electron chi connectivity index (χ1n) is 5.36. The highest BCUT2D eigenvalue weighted by atomic mass is 14.1. The molecule has 2 radical (unpaired) electrons. The van der Waals surface area contributed by atoms with Crippen LogP contribution in [0.15, 0.2) is 35.3 Å². The topological polar surface area (TPSA) is 0 Å². The average Bonchev–Trinajstić information content (AvgIpc) is 2.23. The molecular formula is C13H21B. The Balaban J connectivity index is 4.72. The predicted octanol–water partition coefficient (Wildman–Crippen LogP) is 4.00. The van der Waals surface area contributed by atoms with E-state index < -0.39 is 0 Å². The normalized spacial score (nSPS) is 15.4. The zero-order chi connectivity index (χ0) is 11.1. The SMILES string of the molecule is [B]C(=C/C)/C=C(\CC)C(C)C(=C)CC. The summed E-state index contributed by atoms with van der Waals surface area (Å²) in [5.41, 5.74) is 3.49. The third kappa shape index (κ3) is 4.00. The molecule has 0 saturated heterocycles. The number of hydrogen-bond acceptors (Lipinski definition) is 0. The molecule has 0 amide bonds. The standard InChI is InChI=1S/C13H21B/c1-6-10(4)11(5)12(7-2)9-13(14)8-3/h8-9,11H,4,6-7H2,1-3,5H3/b12-9+,13-8+. The van der Waals surface area contributed by atoms with Crippen molar-refractivity contribution in [1.82, 2.24) is 0 Å². The van der Waals surface area contributed by atoms with Crippen molar-refractivity contribution in [3.05, 3.63) is 35.3 Å². The summed E-state index contributed by atoms with van der Waals surface area (Å²) in [4.78, 5) is 0. The van der Waals surface area contributed by atoms with Crippen LogP contribution in [0.4, 0.5) is 0 Å². The second-order valence-electron chi connectivity index (χ2n) is 3.59. The molecular weight excluding hydrogens is 167 g/mol. The van der Waals surface area contributed by atoms with Gasteiger partial charge in [-0.15, -0.1) is 5.47 Å². The molecule has 76 valence electrons. The summed E-state index contributed by atoms with van der Waals surface area (Å²) in [7, 11) is 5.78. The molecule has 0 nitrogen and oxygen atoms in total. The fourth-order valence-electron chi connectivity index (χ4n) is 1.40. The molecule has 0 heterocycles. The molecule has 0 aromatic heterocycles. The first-order chi connectivity index (χ1) is 6.56. The van der Waals surface area contributed by atoms with Crippen LogP contribution in [-0.2, 0) is 0 Å². The number of allylic oxidation sites excluding steroid dienone is 5. The Morgan fingerprint density at radius 2 is 1.93 bits per heavy atom. The fourth-order valence-corrected chi connectivity index (χ4v) is 1.40. The van der Waals surface area contributed by atoms with E-state index in [0.717, 1.165) is 18.3 Å². The van der Waals surface area contributed by atoms with Crippen LogP contribution in [0.25, 0.3) is 0 Å². The van der Waals surface area contributed by atoms with E-state index in [1.165, 1.54) is 11.1 Å². The zero-order valence-corrected chi connectivity index (χ0v) is 9.93. The molecule has 0 aromatic carbocycles. The Bertz CT molecular complexity index is 246. The molecule has 0 aromatic rings. The van der Waals surface area contributed by atoms with Crippen molar-refractivity contribution < 1.29 is 0 Å². The lowest BCUT2D eigenvalue weighted by Crippen LogP contribution is -2.02. The van der Waals surface area contributed by atoms with E-state index in [1.807, 2.05) is 13.0 Å². The van der Waals surface area contributed by atoms with Gasteiger partial charge in [0.05, 0.1) is 0 Å². The molecule has 0 aliphatic rings. The monoisotopic (exact) mass is 188 g/mol. The van der Waals surface area contributed by atoms with Gasteiger partial charge in [0.25, 0.3) is 0 Å². The molecule has 0 rings (SSSR count). The minimum atomic E-state index is 0.448. The molecule has 1 atom stereocenters. The van der Waals surface area contributed by atoms with Crippen LogP contribution in [0.5, 0.6) is 0 Å². The van der Waals surface area contributed by atoms with Crippen LogP contribution in [0.2, 0.25) is 0 Å². The van der Waals surface area contributed by atoms with Crippen molar-refractivity contribution in [1.29, 1.82) is 0 Å². The third-order valence-electron chi connectivity index (χ3n) is 2.72. The molecule has 1 heteroatoms. The second kappa shape index (κ2) is 6.70. The quantitative estimate of drug-likeness (QED) is 0.347. The lowest BCUT2D eigenvalue weighted by molar-refractivity contribution is 0.732. The Hall–Kier alpha value is -0.715. The van der Waals surface area contributed by atoms with Crippen molar-refractivity contribution >= 4 is 7.85 Å². The van der Waals surface area contributed by atoms with Crippen LogP contribution in [-0.4, -0.2) is 7.85 Å². The number of hydrogen-bond donors (Lipinski definition) is 0. The maximum absolute atomic E-state index is 5.78. The summed E-state index contributed by atoms with van der Waals surface area (Å²) in [5.74, 6) is 0.448. The molecule has 0 fully saturated rings. The van der Waals surface area contributed by atoms with E-state index in [9.17, 15) is 0 Å². The van der Waals surface area contributed by atoms with Crippen LogP contribution in [0.1, 0.15) is 40.5 Å². The van der Waals surface area contributed by atoms with Crippen molar-refractivity contribution in [3.8, 4) is 0 Å². The van der Waals surface area contributed by atoms with E-state index in [4.69, 9.17) is 7.85 Å². The number of rotatable bonds is 5. The maximum Gasteiger partial charge on any atom is 0.113 e. The Morgan fingerprint density at radius 3 is 2.29 bits per heavy atom. The summed E-state index contributed by atoms with van der Waals surface area (Å²) in [6.07, 6.45) is 6.07. The van der Waals surface area contributed by atoms with Crippen molar-refractivity contribution in [2.24, 2.45) is 5.92 Å². The molecule has 1 unspecified atom stereocenters. The third-order valence-corrected chi connectivity index (χ3v) is 2.72. The highest BCUT2D eigenvalue weighted by Crippen LogP contribution is 2.24. The first-order valence-corrected chi connectivity index (χ1v) is 5.36. The van der Waals surface area contributed by atoms with Gasteiger partial charge in [0.1, 0.15) is 7.85 Å². The van der Waals surface area contributed by atoms with Gasteiger partial charge in [-0.3, -0.25) is 0 Å². The fraction of sp³-hybridized carbons (Fsp3) is 0.538.